The van der Waals surface area contributed by atoms with Crippen LogP contribution in [0.25, 0.3) is 56.1 Å². The molecular weight excluding hydrogens is 481 g/mol. The van der Waals surface area contributed by atoms with Crippen molar-refractivity contribution in [2.45, 2.75) is 38.2 Å². The highest BCUT2D eigenvalue weighted by Crippen LogP contribution is 2.32. The molecule has 1 fully saturated rings. The number of aromatic amines is 2. The van der Waals surface area contributed by atoms with Crippen molar-refractivity contribution in [3.63, 3.8) is 0 Å². The minimum absolute atomic E-state index is 0.244. The summed E-state index contributed by atoms with van der Waals surface area (Å²) in [6, 6.07) is 14.2. The number of H-pyrrole nitrogens is 2. The zero-order valence-corrected chi connectivity index (χ0v) is 20.5. The maximum absolute atomic E-state index is 14.5. The fraction of sp³-hybridized carbons (Fsp3) is 0.207. The van der Waals surface area contributed by atoms with E-state index in [4.69, 9.17) is 14.7 Å². The van der Waals surface area contributed by atoms with Crippen molar-refractivity contribution >= 4 is 22.1 Å². The Balaban J connectivity index is 1.26. The van der Waals surface area contributed by atoms with E-state index in [1.165, 1.54) is 25.3 Å². The molecule has 0 amide bonds. The summed E-state index contributed by atoms with van der Waals surface area (Å²) in [7, 11) is 0. The number of nitrogens with zero attached hydrogens (tertiary/aromatic N) is 5. The molecule has 5 heterocycles. The van der Waals surface area contributed by atoms with Gasteiger partial charge in [0.1, 0.15) is 28.3 Å². The second-order valence-electron chi connectivity index (χ2n) is 9.57. The van der Waals surface area contributed by atoms with Crippen molar-refractivity contribution in [1.82, 2.24) is 35.1 Å². The van der Waals surface area contributed by atoms with Gasteiger partial charge in [0.2, 0.25) is 0 Å². The van der Waals surface area contributed by atoms with Gasteiger partial charge in [0.25, 0.3) is 0 Å². The van der Waals surface area contributed by atoms with E-state index in [1.54, 1.807) is 36.8 Å². The van der Waals surface area contributed by atoms with Gasteiger partial charge >= 0.3 is 0 Å². The molecule has 5 aromatic heterocycles. The van der Waals surface area contributed by atoms with E-state index < -0.39 is 0 Å². The molecule has 1 saturated carbocycles. The molecule has 0 spiro atoms. The summed E-state index contributed by atoms with van der Waals surface area (Å²) in [6.07, 6.45) is 11.3. The van der Waals surface area contributed by atoms with E-state index in [-0.39, 0.29) is 11.9 Å². The Morgan fingerprint density at radius 3 is 2.63 bits per heavy atom. The van der Waals surface area contributed by atoms with Crippen LogP contribution in [0.3, 0.4) is 0 Å². The fourth-order valence-corrected chi connectivity index (χ4v) is 5.12. The maximum Gasteiger partial charge on any atom is 0.161 e. The number of rotatable bonds is 5. The zero-order valence-electron chi connectivity index (χ0n) is 20.5. The molecule has 8 nitrogen and oxygen atoms in total. The number of nitrogens with one attached hydrogen (secondary N) is 2. The minimum atomic E-state index is -0.350. The standard InChI is InChI=1S/C29H24FN7O/c30-21-9-5-4-8-20(21)25-26-23(12-13-32-25)34-29(35-26)28-27-24(36-37-28)11-10-22(33-27)17-14-19(16-31-15-17)38-18-6-2-1-3-7-18/h4-5,8-16,18H,1-3,6-7H2,(H,34,35)(H,36,37). The van der Waals surface area contributed by atoms with Gasteiger partial charge in [-0.1, -0.05) is 18.6 Å². The number of benzene rings is 1. The molecule has 7 rings (SSSR count). The normalized spacial score (nSPS) is 14.3. The first-order valence-corrected chi connectivity index (χ1v) is 12.8. The Morgan fingerprint density at radius 2 is 1.74 bits per heavy atom. The van der Waals surface area contributed by atoms with Gasteiger partial charge in [0.15, 0.2) is 11.5 Å². The van der Waals surface area contributed by atoms with Crippen molar-refractivity contribution in [1.29, 1.82) is 0 Å². The van der Waals surface area contributed by atoms with E-state index in [1.807, 2.05) is 24.3 Å². The average Bonchev–Trinajstić information content (AvgIpc) is 3.58. The molecule has 0 bridgehead atoms. The minimum Gasteiger partial charge on any atom is -0.489 e. The lowest BCUT2D eigenvalue weighted by molar-refractivity contribution is 0.154. The monoisotopic (exact) mass is 505 g/mol. The first-order valence-electron chi connectivity index (χ1n) is 12.8. The highest BCUT2D eigenvalue weighted by Gasteiger charge is 2.19. The molecule has 9 heteroatoms. The van der Waals surface area contributed by atoms with Gasteiger partial charge in [0.05, 0.1) is 29.0 Å². The first-order chi connectivity index (χ1) is 18.7. The van der Waals surface area contributed by atoms with Crippen LogP contribution in [-0.4, -0.2) is 41.2 Å². The molecule has 6 aromatic rings. The lowest BCUT2D eigenvalue weighted by atomic mass is 9.98. The summed E-state index contributed by atoms with van der Waals surface area (Å²) in [5, 5.41) is 7.54. The molecule has 1 aliphatic rings. The van der Waals surface area contributed by atoms with Gasteiger partial charge in [-0.15, -0.1) is 0 Å². The molecule has 0 saturated heterocycles. The number of ether oxygens (including phenoxy) is 1. The van der Waals surface area contributed by atoms with E-state index in [9.17, 15) is 4.39 Å². The molecule has 0 atom stereocenters. The molecule has 188 valence electrons. The summed E-state index contributed by atoms with van der Waals surface area (Å²) in [6.45, 7) is 0. The van der Waals surface area contributed by atoms with Crippen LogP contribution in [0.4, 0.5) is 4.39 Å². The Labute approximate surface area is 217 Å². The first kappa shape index (κ1) is 22.5. The van der Waals surface area contributed by atoms with Crippen LogP contribution in [0, 0.1) is 5.82 Å². The second kappa shape index (κ2) is 9.33. The van der Waals surface area contributed by atoms with Gasteiger partial charge in [-0.3, -0.25) is 15.1 Å². The summed E-state index contributed by atoms with van der Waals surface area (Å²) in [5.41, 5.74) is 5.80. The van der Waals surface area contributed by atoms with E-state index in [0.717, 1.165) is 40.9 Å². The van der Waals surface area contributed by atoms with Gasteiger partial charge in [0, 0.05) is 23.5 Å². The van der Waals surface area contributed by atoms with E-state index in [0.29, 0.717) is 33.8 Å². The molecule has 0 radical (unpaired) electrons. The molecule has 2 N–H and O–H groups in total. The number of fused-ring (bicyclic) bond motifs is 2. The topological polar surface area (TPSA) is 105 Å². The molecule has 1 aromatic carbocycles. The molecule has 38 heavy (non-hydrogen) atoms. The maximum atomic E-state index is 14.5. The van der Waals surface area contributed by atoms with Crippen LogP contribution >= 0.6 is 0 Å². The number of pyridine rings is 3. The van der Waals surface area contributed by atoms with Gasteiger partial charge in [-0.05, 0) is 62.1 Å². The number of halogens is 1. The number of aromatic nitrogens is 7. The van der Waals surface area contributed by atoms with Crippen molar-refractivity contribution < 1.29 is 9.13 Å². The third-order valence-corrected chi connectivity index (χ3v) is 7.03. The molecular formula is C29H24FN7O. The lowest BCUT2D eigenvalue weighted by Gasteiger charge is -2.22. The van der Waals surface area contributed by atoms with Crippen LogP contribution in [0.5, 0.6) is 5.75 Å². The van der Waals surface area contributed by atoms with Crippen molar-refractivity contribution in [2.75, 3.05) is 0 Å². The Kier molecular flexibility index (Phi) is 5.53. The quantitative estimate of drug-likeness (QED) is 0.278. The third kappa shape index (κ3) is 4.06. The van der Waals surface area contributed by atoms with Crippen LogP contribution in [0.15, 0.2) is 67.1 Å². The van der Waals surface area contributed by atoms with Crippen molar-refractivity contribution in [3.8, 4) is 39.8 Å². The van der Waals surface area contributed by atoms with Gasteiger partial charge in [-0.2, -0.15) is 5.10 Å². The smallest absolute Gasteiger partial charge is 0.161 e. The number of imidazole rings is 1. The largest absolute Gasteiger partial charge is 0.489 e. The van der Waals surface area contributed by atoms with Gasteiger partial charge < -0.3 is 9.72 Å². The Morgan fingerprint density at radius 1 is 0.868 bits per heavy atom. The summed E-state index contributed by atoms with van der Waals surface area (Å²) in [5.74, 6) is 0.931. The molecule has 0 unspecified atom stereocenters. The second-order valence-corrected chi connectivity index (χ2v) is 9.57. The number of hydrogen-bond donors (Lipinski definition) is 2. The predicted molar refractivity (Wildman–Crippen MR) is 143 cm³/mol. The Hall–Kier alpha value is -4.66. The van der Waals surface area contributed by atoms with Gasteiger partial charge in [-0.25, -0.2) is 14.4 Å². The average molecular weight is 506 g/mol. The zero-order chi connectivity index (χ0) is 25.5. The number of hydrogen-bond acceptors (Lipinski definition) is 6. The van der Waals surface area contributed by atoms with Crippen molar-refractivity contribution in [3.05, 3.63) is 72.9 Å². The van der Waals surface area contributed by atoms with E-state index >= 15 is 0 Å². The van der Waals surface area contributed by atoms with Crippen LogP contribution in [0.2, 0.25) is 0 Å². The van der Waals surface area contributed by atoms with E-state index in [2.05, 4.69) is 25.1 Å². The fourth-order valence-electron chi connectivity index (χ4n) is 5.12. The van der Waals surface area contributed by atoms with Crippen LogP contribution in [0.1, 0.15) is 32.1 Å². The highest BCUT2D eigenvalue weighted by molar-refractivity contribution is 5.95. The highest BCUT2D eigenvalue weighted by atomic mass is 19.1. The summed E-state index contributed by atoms with van der Waals surface area (Å²) < 4.78 is 20.8. The predicted octanol–water partition coefficient (Wildman–Crippen LogP) is 6.48. The van der Waals surface area contributed by atoms with Crippen LogP contribution < -0.4 is 4.74 Å². The third-order valence-electron chi connectivity index (χ3n) is 7.03. The molecule has 1 aliphatic carbocycles. The molecule has 0 aliphatic heterocycles. The summed E-state index contributed by atoms with van der Waals surface area (Å²) in [4.78, 5) is 21.8. The lowest BCUT2D eigenvalue weighted by Crippen LogP contribution is -2.19. The van der Waals surface area contributed by atoms with Crippen molar-refractivity contribution in [2.24, 2.45) is 0 Å². The Bertz CT molecular complexity index is 1770. The van der Waals surface area contributed by atoms with Crippen LogP contribution in [-0.2, 0) is 0 Å². The summed E-state index contributed by atoms with van der Waals surface area (Å²) >= 11 is 0. The SMILES string of the molecule is Fc1ccccc1-c1nccc2[nH]c(-c3n[nH]c4ccc(-c5cncc(OC6CCCCC6)c5)nc34)nc12.